The van der Waals surface area contributed by atoms with E-state index >= 15 is 0 Å². The third kappa shape index (κ3) is 3.99. The lowest BCUT2D eigenvalue weighted by Gasteiger charge is -2.14. The van der Waals surface area contributed by atoms with Crippen LogP contribution >= 0.6 is 0 Å². The molecule has 0 radical (unpaired) electrons. The highest BCUT2D eigenvalue weighted by Crippen LogP contribution is 2.21. The van der Waals surface area contributed by atoms with Crippen LogP contribution in [0.15, 0.2) is 23.5 Å². The number of unbranched alkanes of at least 4 members (excludes halogenated alkanes) is 2. The van der Waals surface area contributed by atoms with E-state index in [0.717, 1.165) is 13.0 Å². The second kappa shape index (κ2) is 6.69. The van der Waals surface area contributed by atoms with Crippen LogP contribution in [0, 0.1) is 0 Å². The molecule has 14 heavy (non-hydrogen) atoms. The van der Waals surface area contributed by atoms with Gasteiger partial charge < -0.3 is 4.74 Å². The van der Waals surface area contributed by atoms with E-state index in [-0.39, 0.29) is 0 Å². The van der Waals surface area contributed by atoms with Gasteiger partial charge in [0.2, 0.25) is 0 Å². The molecule has 1 nitrogen and oxygen atoms in total. The Bertz CT molecular complexity index is 213. The molecule has 0 aliphatic heterocycles. The van der Waals surface area contributed by atoms with Crippen molar-refractivity contribution >= 4 is 0 Å². The molecule has 1 heteroatoms. The van der Waals surface area contributed by atoms with Gasteiger partial charge in [-0.15, -0.1) is 0 Å². The molecule has 0 amide bonds. The SMILES string of the molecule is CCCCCOC1=CC=C(CC)CC1. The second-order valence-electron chi connectivity index (χ2n) is 3.87. The molecule has 0 spiro atoms. The molecular weight excluding hydrogens is 172 g/mol. The Balaban J connectivity index is 2.19. The molecular formula is C13H22O. The van der Waals surface area contributed by atoms with Crippen molar-refractivity contribution in [2.45, 2.75) is 52.4 Å². The average molecular weight is 194 g/mol. The van der Waals surface area contributed by atoms with Crippen LogP contribution in [-0.2, 0) is 4.74 Å². The predicted molar refractivity (Wildman–Crippen MR) is 61.2 cm³/mol. The number of hydrogen-bond acceptors (Lipinski definition) is 1. The summed E-state index contributed by atoms with van der Waals surface area (Å²) in [4.78, 5) is 0. The van der Waals surface area contributed by atoms with Gasteiger partial charge in [0.1, 0.15) is 0 Å². The maximum atomic E-state index is 5.69. The van der Waals surface area contributed by atoms with Gasteiger partial charge in [0.15, 0.2) is 0 Å². The van der Waals surface area contributed by atoms with Gasteiger partial charge in [0.25, 0.3) is 0 Å². The van der Waals surface area contributed by atoms with Crippen molar-refractivity contribution in [2.75, 3.05) is 6.61 Å². The van der Waals surface area contributed by atoms with Crippen LogP contribution in [0.5, 0.6) is 0 Å². The minimum Gasteiger partial charge on any atom is -0.498 e. The zero-order chi connectivity index (χ0) is 10.2. The Morgan fingerprint density at radius 1 is 1.14 bits per heavy atom. The molecule has 0 heterocycles. The average Bonchev–Trinajstić information content (AvgIpc) is 2.25. The lowest BCUT2D eigenvalue weighted by molar-refractivity contribution is 0.195. The summed E-state index contributed by atoms with van der Waals surface area (Å²) in [5.41, 5.74) is 1.55. The van der Waals surface area contributed by atoms with Gasteiger partial charge >= 0.3 is 0 Å². The Morgan fingerprint density at radius 2 is 2.00 bits per heavy atom. The van der Waals surface area contributed by atoms with Gasteiger partial charge in [0.05, 0.1) is 12.4 Å². The van der Waals surface area contributed by atoms with E-state index in [4.69, 9.17) is 4.74 Å². The molecule has 0 aromatic rings. The van der Waals surface area contributed by atoms with Crippen LogP contribution in [0.4, 0.5) is 0 Å². The first-order valence-electron chi connectivity index (χ1n) is 5.88. The number of ether oxygens (including phenoxy) is 1. The minimum atomic E-state index is 0.898. The van der Waals surface area contributed by atoms with Crippen molar-refractivity contribution < 1.29 is 4.74 Å². The fraction of sp³-hybridized carbons (Fsp3) is 0.692. The quantitative estimate of drug-likeness (QED) is 0.576. The smallest absolute Gasteiger partial charge is 0.0962 e. The Morgan fingerprint density at radius 3 is 2.57 bits per heavy atom. The molecule has 0 saturated carbocycles. The Hall–Kier alpha value is -0.720. The molecule has 1 aliphatic rings. The van der Waals surface area contributed by atoms with Crippen LogP contribution in [0.3, 0.4) is 0 Å². The van der Waals surface area contributed by atoms with Gasteiger partial charge in [0, 0.05) is 6.42 Å². The standard InChI is InChI=1S/C13H22O/c1-3-5-6-11-14-13-9-7-12(4-2)8-10-13/h7,9H,3-6,8,10-11H2,1-2H3. The van der Waals surface area contributed by atoms with E-state index in [9.17, 15) is 0 Å². The van der Waals surface area contributed by atoms with Gasteiger partial charge in [-0.25, -0.2) is 0 Å². The summed E-state index contributed by atoms with van der Waals surface area (Å²) < 4.78 is 5.69. The van der Waals surface area contributed by atoms with Gasteiger partial charge in [-0.3, -0.25) is 0 Å². The summed E-state index contributed by atoms with van der Waals surface area (Å²) in [7, 11) is 0. The molecule has 80 valence electrons. The number of hydrogen-bond donors (Lipinski definition) is 0. The van der Waals surface area contributed by atoms with Gasteiger partial charge in [-0.2, -0.15) is 0 Å². The maximum absolute atomic E-state index is 5.69. The molecule has 0 saturated heterocycles. The summed E-state index contributed by atoms with van der Waals surface area (Å²) in [6, 6.07) is 0. The Labute approximate surface area is 87.8 Å². The zero-order valence-electron chi connectivity index (χ0n) is 9.51. The van der Waals surface area contributed by atoms with Crippen molar-refractivity contribution in [2.24, 2.45) is 0 Å². The molecule has 0 fully saturated rings. The molecule has 0 aromatic heterocycles. The van der Waals surface area contributed by atoms with Gasteiger partial charge in [-0.05, 0) is 25.3 Å². The molecule has 0 unspecified atom stereocenters. The highest BCUT2D eigenvalue weighted by molar-refractivity contribution is 5.20. The molecule has 0 aromatic carbocycles. The summed E-state index contributed by atoms with van der Waals surface area (Å²) in [5, 5.41) is 0. The van der Waals surface area contributed by atoms with Crippen molar-refractivity contribution in [3.63, 3.8) is 0 Å². The van der Waals surface area contributed by atoms with E-state index in [0.29, 0.717) is 0 Å². The fourth-order valence-electron chi connectivity index (χ4n) is 1.63. The number of rotatable bonds is 6. The van der Waals surface area contributed by atoms with E-state index < -0.39 is 0 Å². The summed E-state index contributed by atoms with van der Waals surface area (Å²) >= 11 is 0. The third-order valence-electron chi connectivity index (χ3n) is 2.69. The van der Waals surface area contributed by atoms with E-state index in [1.165, 1.54) is 37.9 Å². The molecule has 0 N–H and O–H groups in total. The maximum Gasteiger partial charge on any atom is 0.0962 e. The predicted octanol–water partition coefficient (Wildman–Crippen LogP) is 4.21. The van der Waals surface area contributed by atoms with Crippen LogP contribution in [0.25, 0.3) is 0 Å². The lowest BCUT2D eigenvalue weighted by Crippen LogP contribution is -1.99. The van der Waals surface area contributed by atoms with Crippen molar-refractivity contribution in [1.82, 2.24) is 0 Å². The topological polar surface area (TPSA) is 9.23 Å². The zero-order valence-corrected chi connectivity index (χ0v) is 9.51. The largest absolute Gasteiger partial charge is 0.498 e. The highest BCUT2D eigenvalue weighted by Gasteiger charge is 2.05. The summed E-state index contributed by atoms with van der Waals surface area (Å²) in [5.74, 6) is 1.18. The van der Waals surface area contributed by atoms with Crippen molar-refractivity contribution in [3.05, 3.63) is 23.5 Å². The van der Waals surface area contributed by atoms with Crippen LogP contribution in [0.2, 0.25) is 0 Å². The fourth-order valence-corrected chi connectivity index (χ4v) is 1.63. The summed E-state index contributed by atoms with van der Waals surface area (Å²) in [6.45, 7) is 5.33. The minimum absolute atomic E-state index is 0.898. The van der Waals surface area contributed by atoms with E-state index in [1.54, 1.807) is 5.57 Å². The molecule has 0 atom stereocenters. The monoisotopic (exact) mass is 194 g/mol. The van der Waals surface area contributed by atoms with E-state index in [1.807, 2.05) is 0 Å². The Kier molecular flexibility index (Phi) is 5.43. The first-order chi connectivity index (χ1) is 6.86. The van der Waals surface area contributed by atoms with E-state index in [2.05, 4.69) is 26.0 Å². The second-order valence-corrected chi connectivity index (χ2v) is 3.87. The van der Waals surface area contributed by atoms with Crippen LogP contribution in [0.1, 0.15) is 52.4 Å². The normalized spacial score (nSPS) is 16.1. The first-order valence-corrected chi connectivity index (χ1v) is 5.88. The first kappa shape index (κ1) is 11.4. The third-order valence-corrected chi connectivity index (χ3v) is 2.69. The van der Waals surface area contributed by atoms with Crippen LogP contribution < -0.4 is 0 Å². The summed E-state index contributed by atoms with van der Waals surface area (Å²) in [6.07, 6.45) is 11.6. The molecule has 1 rings (SSSR count). The highest BCUT2D eigenvalue weighted by atomic mass is 16.5. The number of allylic oxidation sites excluding steroid dienone is 4. The van der Waals surface area contributed by atoms with Crippen molar-refractivity contribution in [1.29, 1.82) is 0 Å². The van der Waals surface area contributed by atoms with Gasteiger partial charge in [-0.1, -0.05) is 38.3 Å². The molecule has 1 aliphatic carbocycles. The van der Waals surface area contributed by atoms with Crippen LogP contribution in [-0.4, -0.2) is 6.61 Å². The molecule has 0 bridgehead atoms. The lowest BCUT2D eigenvalue weighted by atomic mass is 10.0. The van der Waals surface area contributed by atoms with Crippen molar-refractivity contribution in [3.8, 4) is 0 Å².